The predicted octanol–water partition coefficient (Wildman–Crippen LogP) is 4.74. The van der Waals surface area contributed by atoms with Crippen LogP contribution in [0.2, 0.25) is 0 Å². The summed E-state index contributed by atoms with van der Waals surface area (Å²) in [7, 11) is 0. The Morgan fingerprint density at radius 2 is 1.57 bits per heavy atom. The smallest absolute Gasteiger partial charge is 0.120 e. The zero-order valence-corrected chi connectivity index (χ0v) is 12.3. The fraction of sp³-hybridized carbons (Fsp3) is 0.158. The fourth-order valence-electron chi connectivity index (χ4n) is 2.53. The van der Waals surface area contributed by atoms with Gasteiger partial charge in [0.15, 0.2) is 0 Å². The van der Waals surface area contributed by atoms with Gasteiger partial charge >= 0.3 is 0 Å². The number of rotatable bonds is 3. The summed E-state index contributed by atoms with van der Waals surface area (Å²) < 4.78 is 5.92. The van der Waals surface area contributed by atoms with Crippen molar-refractivity contribution in [2.75, 3.05) is 0 Å². The quantitative estimate of drug-likeness (QED) is 0.749. The summed E-state index contributed by atoms with van der Waals surface area (Å²) in [5.41, 5.74) is 3.72. The van der Waals surface area contributed by atoms with Gasteiger partial charge in [-0.3, -0.25) is 0 Å². The Bertz CT molecular complexity index is 770. The molecule has 0 atom stereocenters. The second-order valence-corrected chi connectivity index (χ2v) is 5.35. The minimum Gasteiger partial charge on any atom is -0.508 e. The molecular formula is C19H18O2. The Morgan fingerprint density at radius 3 is 2.33 bits per heavy atom. The Balaban J connectivity index is 1.85. The summed E-state index contributed by atoms with van der Waals surface area (Å²) in [6, 6.07) is 17.5. The molecule has 106 valence electrons. The van der Waals surface area contributed by atoms with Crippen molar-refractivity contribution in [3.8, 4) is 11.5 Å². The third kappa shape index (κ3) is 2.84. The summed E-state index contributed by atoms with van der Waals surface area (Å²) in [5, 5.41) is 11.6. The molecule has 0 saturated carbocycles. The molecule has 3 rings (SSSR count). The summed E-state index contributed by atoms with van der Waals surface area (Å²) in [6.45, 7) is 4.76. The number of hydrogen-bond acceptors (Lipinski definition) is 2. The molecule has 0 aliphatic carbocycles. The molecule has 0 aliphatic rings. The van der Waals surface area contributed by atoms with Gasteiger partial charge < -0.3 is 9.84 Å². The maximum atomic E-state index is 9.56. The SMILES string of the molecule is Cc1cccc(C)c1COc1ccc2ccc(O)cc2c1. The first-order chi connectivity index (χ1) is 10.1. The third-order valence-corrected chi connectivity index (χ3v) is 3.82. The van der Waals surface area contributed by atoms with Gasteiger partial charge in [-0.1, -0.05) is 30.3 Å². The van der Waals surface area contributed by atoms with Crippen LogP contribution in [0.5, 0.6) is 11.5 Å². The molecule has 0 saturated heterocycles. The molecule has 0 amide bonds. The standard InChI is InChI=1S/C19H18O2/c1-13-4-3-5-14(2)19(13)12-21-18-9-7-15-6-8-17(20)10-16(15)11-18/h3-11,20H,12H2,1-2H3. The van der Waals surface area contributed by atoms with Crippen LogP contribution in [0.25, 0.3) is 10.8 Å². The topological polar surface area (TPSA) is 29.5 Å². The average molecular weight is 278 g/mol. The number of phenols is 1. The lowest BCUT2D eigenvalue weighted by Gasteiger charge is -2.12. The molecule has 0 fully saturated rings. The van der Waals surface area contributed by atoms with Crippen molar-refractivity contribution < 1.29 is 9.84 Å². The van der Waals surface area contributed by atoms with E-state index in [4.69, 9.17) is 4.74 Å². The van der Waals surface area contributed by atoms with E-state index in [1.54, 1.807) is 12.1 Å². The summed E-state index contributed by atoms with van der Waals surface area (Å²) in [5.74, 6) is 1.09. The van der Waals surface area contributed by atoms with Crippen LogP contribution in [0, 0.1) is 13.8 Å². The van der Waals surface area contributed by atoms with Gasteiger partial charge in [-0.25, -0.2) is 0 Å². The number of aryl methyl sites for hydroxylation is 2. The predicted molar refractivity (Wildman–Crippen MR) is 85.9 cm³/mol. The van der Waals surface area contributed by atoms with Crippen molar-refractivity contribution in [1.82, 2.24) is 0 Å². The number of benzene rings is 3. The van der Waals surface area contributed by atoms with Crippen LogP contribution in [0.4, 0.5) is 0 Å². The molecule has 21 heavy (non-hydrogen) atoms. The first-order valence-electron chi connectivity index (χ1n) is 7.04. The molecule has 3 aromatic carbocycles. The van der Waals surface area contributed by atoms with E-state index in [1.807, 2.05) is 24.3 Å². The third-order valence-electron chi connectivity index (χ3n) is 3.82. The molecule has 0 aromatic heterocycles. The zero-order chi connectivity index (χ0) is 14.8. The lowest BCUT2D eigenvalue weighted by molar-refractivity contribution is 0.305. The van der Waals surface area contributed by atoms with Crippen LogP contribution in [0.1, 0.15) is 16.7 Å². The highest BCUT2D eigenvalue weighted by molar-refractivity contribution is 5.85. The molecule has 1 N–H and O–H groups in total. The van der Waals surface area contributed by atoms with Crippen molar-refractivity contribution in [3.05, 3.63) is 71.3 Å². The van der Waals surface area contributed by atoms with Gasteiger partial charge in [0.05, 0.1) is 0 Å². The minimum atomic E-state index is 0.273. The highest BCUT2D eigenvalue weighted by Gasteiger charge is 2.04. The zero-order valence-electron chi connectivity index (χ0n) is 12.3. The van der Waals surface area contributed by atoms with Crippen molar-refractivity contribution in [3.63, 3.8) is 0 Å². The number of phenolic OH excluding ortho intramolecular Hbond substituents is 1. The number of fused-ring (bicyclic) bond motifs is 1. The highest BCUT2D eigenvalue weighted by atomic mass is 16.5. The van der Waals surface area contributed by atoms with Gasteiger partial charge in [-0.15, -0.1) is 0 Å². The molecule has 0 unspecified atom stereocenters. The number of aromatic hydroxyl groups is 1. The Kier molecular flexibility index (Phi) is 3.53. The largest absolute Gasteiger partial charge is 0.508 e. The van der Waals surface area contributed by atoms with Crippen molar-refractivity contribution >= 4 is 10.8 Å². The monoisotopic (exact) mass is 278 g/mol. The molecule has 0 spiro atoms. The van der Waals surface area contributed by atoms with Crippen molar-refractivity contribution in [1.29, 1.82) is 0 Å². The summed E-state index contributed by atoms with van der Waals surface area (Å²) in [6.07, 6.45) is 0. The molecule has 3 aromatic rings. The van der Waals surface area contributed by atoms with Gasteiger partial charge in [0, 0.05) is 0 Å². The van der Waals surface area contributed by atoms with Gasteiger partial charge in [-0.2, -0.15) is 0 Å². The van der Waals surface area contributed by atoms with Gasteiger partial charge in [0.25, 0.3) is 0 Å². The maximum absolute atomic E-state index is 9.56. The van der Waals surface area contributed by atoms with E-state index in [0.717, 1.165) is 16.5 Å². The van der Waals surface area contributed by atoms with E-state index >= 15 is 0 Å². The molecular weight excluding hydrogens is 260 g/mol. The van der Waals surface area contributed by atoms with E-state index in [9.17, 15) is 5.11 Å². The van der Waals surface area contributed by atoms with Crippen LogP contribution in [0.3, 0.4) is 0 Å². The average Bonchev–Trinajstić information content (AvgIpc) is 2.46. The van der Waals surface area contributed by atoms with E-state index < -0.39 is 0 Å². The van der Waals surface area contributed by atoms with Crippen LogP contribution in [-0.2, 0) is 6.61 Å². The van der Waals surface area contributed by atoms with Gasteiger partial charge in [0.2, 0.25) is 0 Å². The molecule has 0 bridgehead atoms. The molecule has 0 aliphatic heterocycles. The van der Waals surface area contributed by atoms with Crippen LogP contribution >= 0.6 is 0 Å². The van der Waals surface area contributed by atoms with E-state index in [0.29, 0.717) is 6.61 Å². The first kappa shape index (κ1) is 13.5. The Morgan fingerprint density at radius 1 is 0.857 bits per heavy atom. The highest BCUT2D eigenvalue weighted by Crippen LogP contribution is 2.25. The van der Waals surface area contributed by atoms with E-state index in [-0.39, 0.29) is 5.75 Å². The lowest BCUT2D eigenvalue weighted by atomic mass is 10.0. The van der Waals surface area contributed by atoms with Crippen LogP contribution in [-0.4, -0.2) is 5.11 Å². The van der Waals surface area contributed by atoms with E-state index in [2.05, 4.69) is 32.0 Å². The fourth-order valence-corrected chi connectivity index (χ4v) is 2.53. The molecule has 0 heterocycles. The van der Waals surface area contributed by atoms with Crippen molar-refractivity contribution in [2.24, 2.45) is 0 Å². The lowest BCUT2D eigenvalue weighted by Crippen LogP contribution is -2.00. The second kappa shape index (κ2) is 5.49. The molecule has 2 nitrogen and oxygen atoms in total. The molecule has 0 radical (unpaired) electrons. The normalized spacial score (nSPS) is 10.8. The van der Waals surface area contributed by atoms with Crippen LogP contribution < -0.4 is 4.74 Å². The Hall–Kier alpha value is -2.48. The van der Waals surface area contributed by atoms with Crippen LogP contribution in [0.15, 0.2) is 54.6 Å². The number of ether oxygens (including phenoxy) is 1. The maximum Gasteiger partial charge on any atom is 0.120 e. The number of hydrogen-bond donors (Lipinski definition) is 1. The van der Waals surface area contributed by atoms with Gasteiger partial charge in [-0.05, 0) is 65.6 Å². The summed E-state index contributed by atoms with van der Waals surface area (Å²) >= 11 is 0. The van der Waals surface area contributed by atoms with E-state index in [1.165, 1.54) is 16.7 Å². The first-order valence-corrected chi connectivity index (χ1v) is 7.04. The van der Waals surface area contributed by atoms with Crippen molar-refractivity contribution in [2.45, 2.75) is 20.5 Å². The second-order valence-electron chi connectivity index (χ2n) is 5.35. The summed E-state index contributed by atoms with van der Waals surface area (Å²) in [4.78, 5) is 0. The minimum absolute atomic E-state index is 0.273. The van der Waals surface area contributed by atoms with Gasteiger partial charge in [0.1, 0.15) is 18.1 Å². The Labute approximate surface area is 124 Å². The molecule has 2 heteroatoms.